The van der Waals surface area contributed by atoms with Gasteiger partial charge in [0.25, 0.3) is 5.91 Å². The van der Waals surface area contributed by atoms with Gasteiger partial charge >= 0.3 is 0 Å². The first kappa shape index (κ1) is 19.6. The SMILES string of the molecule is Cc1ccc(C(=O)Nc2cccc(SCC(=O)Nc3ccccc3F)c2)cc1. The van der Waals surface area contributed by atoms with Gasteiger partial charge in [0.15, 0.2) is 0 Å². The van der Waals surface area contributed by atoms with Crippen molar-refractivity contribution in [2.24, 2.45) is 0 Å². The summed E-state index contributed by atoms with van der Waals surface area (Å²) in [6.45, 7) is 1.96. The van der Waals surface area contributed by atoms with Gasteiger partial charge in [-0.05, 0) is 49.4 Å². The summed E-state index contributed by atoms with van der Waals surface area (Å²) in [6.07, 6.45) is 0. The first-order valence-electron chi connectivity index (χ1n) is 8.66. The zero-order valence-corrected chi connectivity index (χ0v) is 16.1. The molecule has 142 valence electrons. The molecule has 0 fully saturated rings. The van der Waals surface area contributed by atoms with Crippen LogP contribution in [0, 0.1) is 12.7 Å². The molecule has 0 aliphatic carbocycles. The van der Waals surface area contributed by atoms with Crippen LogP contribution in [0.4, 0.5) is 15.8 Å². The Morgan fingerprint density at radius 3 is 2.43 bits per heavy atom. The average Bonchev–Trinajstić information content (AvgIpc) is 2.69. The van der Waals surface area contributed by atoms with E-state index in [-0.39, 0.29) is 23.3 Å². The Balaban J connectivity index is 1.57. The van der Waals surface area contributed by atoms with E-state index in [9.17, 15) is 14.0 Å². The second-order valence-electron chi connectivity index (χ2n) is 6.16. The van der Waals surface area contributed by atoms with Gasteiger partial charge < -0.3 is 10.6 Å². The van der Waals surface area contributed by atoms with Crippen molar-refractivity contribution in [2.75, 3.05) is 16.4 Å². The normalized spacial score (nSPS) is 10.4. The van der Waals surface area contributed by atoms with Gasteiger partial charge in [-0.25, -0.2) is 4.39 Å². The Labute approximate surface area is 167 Å². The fourth-order valence-electron chi connectivity index (χ4n) is 2.47. The minimum absolute atomic E-state index is 0.129. The Bertz CT molecular complexity index is 990. The van der Waals surface area contributed by atoms with Crippen molar-refractivity contribution in [2.45, 2.75) is 11.8 Å². The predicted molar refractivity (Wildman–Crippen MR) is 111 cm³/mol. The number of rotatable bonds is 6. The molecule has 0 unspecified atom stereocenters. The molecule has 0 saturated carbocycles. The molecule has 0 bridgehead atoms. The fourth-order valence-corrected chi connectivity index (χ4v) is 3.22. The third kappa shape index (κ3) is 5.44. The van der Waals surface area contributed by atoms with Crippen molar-refractivity contribution in [1.82, 2.24) is 0 Å². The van der Waals surface area contributed by atoms with Crippen molar-refractivity contribution in [3.8, 4) is 0 Å². The highest BCUT2D eigenvalue weighted by Crippen LogP contribution is 2.23. The molecule has 28 heavy (non-hydrogen) atoms. The highest BCUT2D eigenvalue weighted by molar-refractivity contribution is 8.00. The lowest BCUT2D eigenvalue weighted by molar-refractivity contribution is -0.113. The molecule has 0 spiro atoms. The number of anilines is 2. The van der Waals surface area contributed by atoms with E-state index in [4.69, 9.17) is 0 Å². The van der Waals surface area contributed by atoms with Gasteiger partial charge in [0.1, 0.15) is 5.82 Å². The number of halogens is 1. The van der Waals surface area contributed by atoms with Gasteiger partial charge in [-0.15, -0.1) is 11.8 Å². The van der Waals surface area contributed by atoms with Gasteiger partial charge in [0, 0.05) is 16.1 Å². The van der Waals surface area contributed by atoms with Crippen LogP contribution >= 0.6 is 11.8 Å². The maximum atomic E-state index is 13.6. The molecular formula is C22H19FN2O2S. The number of benzene rings is 3. The molecule has 2 N–H and O–H groups in total. The fraction of sp³-hybridized carbons (Fsp3) is 0.0909. The van der Waals surface area contributed by atoms with E-state index in [2.05, 4.69) is 10.6 Å². The lowest BCUT2D eigenvalue weighted by Gasteiger charge is -2.09. The molecule has 0 atom stereocenters. The van der Waals surface area contributed by atoms with E-state index in [0.29, 0.717) is 11.3 Å². The van der Waals surface area contributed by atoms with Crippen molar-refractivity contribution in [3.63, 3.8) is 0 Å². The summed E-state index contributed by atoms with van der Waals surface area (Å²) in [5, 5.41) is 5.40. The number of thioether (sulfide) groups is 1. The summed E-state index contributed by atoms with van der Waals surface area (Å²) >= 11 is 1.31. The van der Waals surface area contributed by atoms with Crippen LogP contribution in [0.1, 0.15) is 15.9 Å². The van der Waals surface area contributed by atoms with Crippen LogP contribution in [0.25, 0.3) is 0 Å². The number of carbonyl (C=O) groups excluding carboxylic acids is 2. The van der Waals surface area contributed by atoms with E-state index < -0.39 is 5.82 Å². The number of amides is 2. The summed E-state index contributed by atoms with van der Waals surface area (Å²) in [7, 11) is 0. The van der Waals surface area contributed by atoms with Crippen LogP contribution in [0.3, 0.4) is 0 Å². The highest BCUT2D eigenvalue weighted by Gasteiger charge is 2.09. The first-order valence-corrected chi connectivity index (χ1v) is 9.65. The molecule has 0 saturated heterocycles. The van der Waals surface area contributed by atoms with Gasteiger partial charge in [-0.2, -0.15) is 0 Å². The van der Waals surface area contributed by atoms with E-state index in [0.717, 1.165) is 10.5 Å². The second kappa shape index (κ2) is 9.19. The van der Waals surface area contributed by atoms with Crippen LogP contribution < -0.4 is 10.6 Å². The number of hydrogen-bond acceptors (Lipinski definition) is 3. The first-order chi connectivity index (χ1) is 13.5. The van der Waals surface area contributed by atoms with Crippen molar-refractivity contribution in [3.05, 3.63) is 89.7 Å². The summed E-state index contributed by atoms with van der Waals surface area (Å²) < 4.78 is 13.6. The van der Waals surface area contributed by atoms with E-state index in [1.807, 2.05) is 31.2 Å². The number of hydrogen-bond donors (Lipinski definition) is 2. The smallest absolute Gasteiger partial charge is 0.255 e. The van der Waals surface area contributed by atoms with Crippen molar-refractivity contribution >= 4 is 35.0 Å². The highest BCUT2D eigenvalue weighted by atomic mass is 32.2. The molecule has 3 rings (SSSR count). The van der Waals surface area contributed by atoms with Gasteiger partial charge in [0.05, 0.1) is 11.4 Å². The zero-order valence-electron chi connectivity index (χ0n) is 15.2. The van der Waals surface area contributed by atoms with Crippen molar-refractivity contribution in [1.29, 1.82) is 0 Å². The largest absolute Gasteiger partial charge is 0.323 e. The maximum absolute atomic E-state index is 13.6. The number of nitrogens with one attached hydrogen (secondary N) is 2. The van der Waals surface area contributed by atoms with E-state index in [1.165, 1.54) is 23.9 Å². The lowest BCUT2D eigenvalue weighted by Crippen LogP contribution is -2.15. The van der Waals surface area contributed by atoms with E-state index in [1.54, 1.807) is 36.4 Å². The summed E-state index contributed by atoms with van der Waals surface area (Å²) in [4.78, 5) is 25.2. The molecule has 0 aromatic heterocycles. The van der Waals surface area contributed by atoms with Crippen molar-refractivity contribution < 1.29 is 14.0 Å². The molecule has 0 aliphatic rings. The molecule has 4 nitrogen and oxygen atoms in total. The Morgan fingerprint density at radius 2 is 1.68 bits per heavy atom. The van der Waals surface area contributed by atoms with Gasteiger partial charge in [0.2, 0.25) is 5.91 Å². The van der Waals surface area contributed by atoms with Crippen LogP contribution in [0.2, 0.25) is 0 Å². The Hall–Kier alpha value is -3.12. The van der Waals surface area contributed by atoms with Gasteiger partial charge in [-0.3, -0.25) is 9.59 Å². The van der Waals surface area contributed by atoms with Gasteiger partial charge in [-0.1, -0.05) is 35.9 Å². The third-order valence-corrected chi connectivity index (χ3v) is 4.92. The summed E-state index contributed by atoms with van der Waals surface area (Å²) in [6, 6.07) is 20.6. The standard InChI is InChI=1S/C22H19FN2O2S/c1-15-9-11-16(12-10-15)22(27)24-17-5-4-6-18(13-17)28-14-21(26)25-20-8-3-2-7-19(20)23/h2-13H,14H2,1H3,(H,24,27)(H,25,26). The van der Waals surface area contributed by atoms with Crippen LogP contribution in [-0.4, -0.2) is 17.6 Å². The average molecular weight is 394 g/mol. The molecule has 2 amide bonds. The number of carbonyl (C=O) groups is 2. The Kier molecular flexibility index (Phi) is 6.45. The van der Waals surface area contributed by atoms with Crippen LogP contribution in [0.5, 0.6) is 0 Å². The number of aryl methyl sites for hydroxylation is 1. The molecule has 3 aromatic carbocycles. The summed E-state index contributed by atoms with van der Waals surface area (Å²) in [5.74, 6) is -0.839. The zero-order chi connectivity index (χ0) is 19.9. The molecule has 0 aliphatic heterocycles. The summed E-state index contributed by atoms with van der Waals surface area (Å²) in [5.41, 5.74) is 2.47. The quantitative estimate of drug-likeness (QED) is 0.571. The topological polar surface area (TPSA) is 58.2 Å². The third-order valence-electron chi connectivity index (χ3n) is 3.92. The molecule has 3 aromatic rings. The van der Waals surface area contributed by atoms with Crippen LogP contribution in [-0.2, 0) is 4.79 Å². The predicted octanol–water partition coefficient (Wildman–Crippen LogP) is 5.12. The number of para-hydroxylation sites is 1. The lowest BCUT2D eigenvalue weighted by atomic mass is 10.1. The van der Waals surface area contributed by atoms with Crippen LogP contribution in [0.15, 0.2) is 77.7 Å². The molecular weight excluding hydrogens is 375 g/mol. The Morgan fingerprint density at radius 1 is 0.929 bits per heavy atom. The molecule has 0 radical (unpaired) electrons. The van der Waals surface area contributed by atoms with E-state index >= 15 is 0 Å². The maximum Gasteiger partial charge on any atom is 0.255 e. The second-order valence-corrected chi connectivity index (χ2v) is 7.21. The molecule has 6 heteroatoms. The monoisotopic (exact) mass is 394 g/mol. The minimum Gasteiger partial charge on any atom is -0.323 e. The minimum atomic E-state index is -0.471. The molecule has 0 heterocycles.